The topological polar surface area (TPSA) is 94.9 Å². The molecule has 8 nitrogen and oxygen atoms in total. The quantitative estimate of drug-likeness (QED) is 0.0948. The van der Waals surface area contributed by atoms with E-state index < -0.39 is 29.8 Å². The number of rotatable bonds is 13. The average molecular weight is 580 g/mol. The Balaban J connectivity index is 1.60. The van der Waals surface area contributed by atoms with Gasteiger partial charge in [-0.1, -0.05) is 96.1 Å². The molecule has 1 heterocycles. The monoisotopic (exact) mass is 579 g/mol. The summed E-state index contributed by atoms with van der Waals surface area (Å²) in [4.78, 5) is 3.13. The molecule has 0 N–H and O–H groups in total. The summed E-state index contributed by atoms with van der Waals surface area (Å²) in [5.41, 5.74) is 11.9. The third-order valence-electron chi connectivity index (χ3n) is 6.24. The first-order valence-corrected chi connectivity index (χ1v) is 14.4. The normalized spacial score (nSPS) is 22.3. The van der Waals surface area contributed by atoms with Crippen LogP contribution in [0, 0.1) is 0 Å². The summed E-state index contributed by atoms with van der Waals surface area (Å²) in [7, 11) is 0. The molecule has 0 radical (unpaired) electrons. The van der Waals surface area contributed by atoms with Crippen molar-refractivity contribution in [2.75, 3.05) is 13.2 Å². The van der Waals surface area contributed by atoms with Gasteiger partial charge in [-0.15, -0.1) is 0 Å². The van der Waals surface area contributed by atoms with Crippen molar-refractivity contribution in [1.29, 1.82) is 0 Å². The molecular weight excluding hydrogens is 546 g/mol. The minimum Gasteiger partial charge on any atom is -0.479 e. The van der Waals surface area contributed by atoms with Crippen LogP contribution in [0.25, 0.3) is 10.4 Å². The number of thioether (sulfide) groups is 1. The van der Waals surface area contributed by atoms with Gasteiger partial charge in [-0.3, -0.25) is 0 Å². The molecule has 5 atom stereocenters. The summed E-state index contributed by atoms with van der Waals surface area (Å²) in [6.45, 7) is 3.56. The predicted molar refractivity (Wildman–Crippen MR) is 160 cm³/mol. The molecule has 1 saturated heterocycles. The second kappa shape index (κ2) is 16.3. The molecule has 0 unspecified atom stereocenters. The summed E-state index contributed by atoms with van der Waals surface area (Å²) in [6.07, 6.45) is -1.76. The number of ether oxygens (including phenoxy) is 5. The molecule has 1 fully saturated rings. The number of azide groups is 1. The number of nitrogens with zero attached hydrogens (tertiary/aromatic N) is 3. The van der Waals surface area contributed by atoms with Crippen molar-refractivity contribution in [2.45, 2.75) is 56.5 Å². The Morgan fingerprint density at radius 1 is 0.850 bits per heavy atom. The van der Waals surface area contributed by atoms with E-state index >= 15 is 0 Å². The lowest BCUT2D eigenvalue weighted by Crippen LogP contribution is -2.59. The van der Waals surface area contributed by atoms with Gasteiger partial charge < -0.3 is 23.7 Å². The van der Waals surface area contributed by atoms with Crippen molar-refractivity contribution in [3.8, 4) is 0 Å². The Kier molecular flexibility index (Phi) is 12.3. The van der Waals surface area contributed by atoms with Gasteiger partial charge in [0.05, 0.1) is 39.1 Å². The minimum atomic E-state index is -0.733. The van der Waals surface area contributed by atoms with Crippen LogP contribution in [0.3, 0.4) is 0 Å². The molecule has 1 aliphatic heterocycles. The van der Waals surface area contributed by atoms with Crippen LogP contribution in [-0.2, 0) is 43.5 Å². The molecule has 0 amide bonds. The number of thiocarbonyl (C=S) groups is 1. The zero-order chi connectivity index (χ0) is 28.0. The van der Waals surface area contributed by atoms with Gasteiger partial charge in [-0.2, -0.15) is 0 Å². The van der Waals surface area contributed by atoms with E-state index in [9.17, 15) is 5.53 Å². The summed E-state index contributed by atoms with van der Waals surface area (Å²) >= 11 is 6.61. The zero-order valence-corrected chi connectivity index (χ0v) is 23.9. The average Bonchev–Trinajstić information content (AvgIpc) is 2.98. The lowest BCUT2D eigenvalue weighted by Gasteiger charge is -2.44. The predicted octanol–water partition coefficient (Wildman–Crippen LogP) is 6.83. The zero-order valence-electron chi connectivity index (χ0n) is 22.3. The molecule has 0 saturated carbocycles. The molecule has 0 aromatic heterocycles. The van der Waals surface area contributed by atoms with Crippen molar-refractivity contribution >= 4 is 28.4 Å². The van der Waals surface area contributed by atoms with Crippen LogP contribution in [0.1, 0.15) is 23.6 Å². The maximum atomic E-state index is 9.51. The molecule has 10 heteroatoms. The molecule has 40 heavy (non-hydrogen) atoms. The highest BCUT2D eigenvalue weighted by atomic mass is 32.2. The van der Waals surface area contributed by atoms with Crippen LogP contribution >= 0.6 is 24.0 Å². The summed E-state index contributed by atoms with van der Waals surface area (Å²) < 4.78 is 31.4. The van der Waals surface area contributed by atoms with Crippen molar-refractivity contribution in [2.24, 2.45) is 5.11 Å². The summed E-state index contributed by atoms with van der Waals surface area (Å²) in [5, 5.41) is 4.11. The van der Waals surface area contributed by atoms with E-state index in [2.05, 4.69) is 10.0 Å². The maximum Gasteiger partial charge on any atom is 0.222 e. The van der Waals surface area contributed by atoms with E-state index in [1.54, 1.807) is 0 Å². The van der Waals surface area contributed by atoms with Crippen LogP contribution < -0.4 is 0 Å². The van der Waals surface area contributed by atoms with E-state index in [0.717, 1.165) is 16.7 Å². The van der Waals surface area contributed by atoms with Crippen LogP contribution in [0.2, 0.25) is 0 Å². The summed E-state index contributed by atoms with van der Waals surface area (Å²) in [5.74, 6) is 0. The van der Waals surface area contributed by atoms with Gasteiger partial charge in [0.1, 0.15) is 23.7 Å². The Hall–Kier alpha value is -2.95. The van der Waals surface area contributed by atoms with Gasteiger partial charge in [0.2, 0.25) is 4.38 Å². The molecule has 3 aromatic carbocycles. The van der Waals surface area contributed by atoms with Crippen molar-refractivity contribution in [3.05, 3.63) is 118 Å². The van der Waals surface area contributed by atoms with E-state index in [1.807, 2.05) is 97.9 Å². The van der Waals surface area contributed by atoms with Gasteiger partial charge in [-0.25, -0.2) is 0 Å². The molecule has 4 rings (SSSR count). The first kappa shape index (κ1) is 30.0. The largest absolute Gasteiger partial charge is 0.479 e. The highest BCUT2D eigenvalue weighted by molar-refractivity contribution is 8.22. The fourth-order valence-corrected chi connectivity index (χ4v) is 5.67. The molecule has 1 aliphatic rings. The van der Waals surface area contributed by atoms with Crippen LogP contribution in [0.15, 0.2) is 96.1 Å². The van der Waals surface area contributed by atoms with Gasteiger partial charge in [-0.05, 0) is 53.1 Å². The fourth-order valence-electron chi connectivity index (χ4n) is 4.35. The van der Waals surface area contributed by atoms with E-state index in [-0.39, 0.29) is 6.61 Å². The van der Waals surface area contributed by atoms with Crippen molar-refractivity contribution in [3.63, 3.8) is 0 Å². The lowest BCUT2D eigenvalue weighted by atomic mass is 9.97. The Labute approximate surface area is 244 Å². The van der Waals surface area contributed by atoms with E-state index in [1.165, 1.54) is 11.8 Å². The van der Waals surface area contributed by atoms with Crippen LogP contribution in [0.5, 0.6) is 0 Å². The van der Waals surface area contributed by atoms with Crippen LogP contribution in [-0.4, -0.2) is 47.4 Å². The maximum absolute atomic E-state index is 9.51. The number of hydrogen-bond acceptors (Lipinski definition) is 8. The second-order valence-electron chi connectivity index (χ2n) is 9.06. The third kappa shape index (κ3) is 9.04. The highest BCUT2D eigenvalue weighted by Gasteiger charge is 2.48. The first-order chi connectivity index (χ1) is 19.7. The van der Waals surface area contributed by atoms with Crippen LogP contribution in [0.4, 0.5) is 0 Å². The molecule has 3 aromatic rings. The standard InChI is InChI=1S/C30H33N3O5S2/c1-2-35-30(39)40-29-26(32-33-31)28(37-20-24-16-10-5-11-17-24)27(36-19-23-14-8-4-9-15-23)25(38-29)21-34-18-22-12-6-3-7-13-22/h3-17,25-29H,2,18-21H2,1H3/t25-,26-,27+,28-,29-/m1/s1. The van der Waals surface area contributed by atoms with Crippen molar-refractivity contribution < 1.29 is 23.7 Å². The van der Waals surface area contributed by atoms with Gasteiger partial charge in [0.25, 0.3) is 0 Å². The lowest BCUT2D eigenvalue weighted by molar-refractivity contribution is -0.211. The van der Waals surface area contributed by atoms with E-state index in [4.69, 9.17) is 35.9 Å². The smallest absolute Gasteiger partial charge is 0.222 e. The highest BCUT2D eigenvalue weighted by Crippen LogP contribution is 2.36. The van der Waals surface area contributed by atoms with Crippen molar-refractivity contribution in [1.82, 2.24) is 0 Å². The Morgan fingerprint density at radius 3 is 1.90 bits per heavy atom. The summed E-state index contributed by atoms with van der Waals surface area (Å²) in [6, 6.07) is 28.9. The molecule has 210 valence electrons. The molecule has 0 aliphatic carbocycles. The molecule has 0 spiro atoms. The minimum absolute atomic E-state index is 0.237. The van der Waals surface area contributed by atoms with Gasteiger partial charge >= 0.3 is 0 Å². The third-order valence-corrected chi connectivity index (χ3v) is 7.58. The number of hydrogen-bond donors (Lipinski definition) is 0. The molecule has 0 bridgehead atoms. The SMILES string of the molecule is CCOC(=S)S[C@H]1O[C@H](COCc2ccccc2)[C@H](OCc2ccccc2)[C@H](OCc2ccccc2)[C@H]1N=[N+]=[N-]. The van der Waals surface area contributed by atoms with E-state index in [0.29, 0.717) is 30.8 Å². The van der Waals surface area contributed by atoms with Gasteiger partial charge in [0.15, 0.2) is 0 Å². The second-order valence-corrected chi connectivity index (χ2v) is 10.8. The van der Waals surface area contributed by atoms with Gasteiger partial charge in [0, 0.05) is 4.91 Å². The number of benzene rings is 3. The Morgan fingerprint density at radius 2 is 1.38 bits per heavy atom. The first-order valence-electron chi connectivity index (χ1n) is 13.1. The Bertz CT molecular complexity index is 1220. The fraction of sp³-hybridized carbons (Fsp3) is 0.367. The molecular formula is C30H33N3O5S2.